The first-order valence-corrected chi connectivity index (χ1v) is 9.40. The second kappa shape index (κ2) is 11.0. The lowest BCUT2D eigenvalue weighted by Gasteiger charge is -2.17. The van der Waals surface area contributed by atoms with Crippen molar-refractivity contribution in [2.24, 2.45) is 0 Å². The first kappa shape index (κ1) is 22.9. The normalized spacial score (nSPS) is 11.2. The summed E-state index contributed by atoms with van der Waals surface area (Å²) < 4.78 is 21.0. The largest absolute Gasteiger partial charge is 0.502 e. The van der Waals surface area contributed by atoms with Crippen molar-refractivity contribution < 1.29 is 24.1 Å². The van der Waals surface area contributed by atoms with Crippen LogP contribution in [0.2, 0.25) is 0 Å². The van der Waals surface area contributed by atoms with Crippen molar-refractivity contribution in [2.75, 3.05) is 48.6 Å². The van der Waals surface area contributed by atoms with Crippen molar-refractivity contribution in [3.05, 3.63) is 47.0 Å². The molecule has 0 unspecified atom stereocenters. The molecule has 0 atom stereocenters. The van der Waals surface area contributed by atoms with Gasteiger partial charge in [0.05, 0.1) is 34.5 Å². The van der Waals surface area contributed by atoms with Gasteiger partial charge in [-0.3, -0.25) is 0 Å². The Hall–Kier alpha value is -3.37. The van der Waals surface area contributed by atoms with E-state index in [9.17, 15) is 10.4 Å². The number of benzene rings is 2. The zero-order chi connectivity index (χ0) is 22.1. The van der Waals surface area contributed by atoms with Gasteiger partial charge < -0.3 is 29.0 Å². The Balaban J connectivity index is 2.08. The van der Waals surface area contributed by atoms with Crippen LogP contribution in [-0.2, 0) is 6.42 Å². The molecule has 0 aromatic heterocycles. The van der Waals surface area contributed by atoms with Crippen LogP contribution in [0.5, 0.6) is 28.7 Å². The predicted octanol–water partition coefficient (Wildman–Crippen LogP) is 3.51. The monoisotopic (exact) mass is 412 g/mol. The Bertz CT molecular complexity index is 909. The predicted molar refractivity (Wildman–Crippen MR) is 116 cm³/mol. The van der Waals surface area contributed by atoms with Gasteiger partial charge >= 0.3 is 0 Å². The van der Waals surface area contributed by atoms with E-state index in [4.69, 9.17) is 18.9 Å². The number of phenols is 1. The standard InChI is InChI=1S/C23H28N2O5/c1-25(9-8-16-6-7-19(27-2)20(11-16)28-3)15-18(14-24)10-17-12-21(29-4)23(26)22(13-17)30-5/h6-7,10-13,26H,8-9,15H2,1-5H3. The molecule has 30 heavy (non-hydrogen) atoms. The third-order valence-corrected chi connectivity index (χ3v) is 4.66. The molecule has 0 aliphatic carbocycles. The Morgan fingerprint density at radius 2 is 1.57 bits per heavy atom. The maximum absolute atomic E-state index is 10.0. The highest BCUT2D eigenvalue weighted by atomic mass is 16.5. The minimum atomic E-state index is -0.0669. The van der Waals surface area contributed by atoms with Gasteiger partial charge in [0.2, 0.25) is 5.75 Å². The highest BCUT2D eigenvalue weighted by molar-refractivity contribution is 5.65. The molecule has 0 amide bonds. The molecule has 0 bridgehead atoms. The van der Waals surface area contributed by atoms with Gasteiger partial charge in [-0.1, -0.05) is 6.07 Å². The fraction of sp³-hybridized carbons (Fsp3) is 0.348. The Morgan fingerprint density at radius 1 is 0.967 bits per heavy atom. The molecule has 0 aliphatic rings. The summed E-state index contributed by atoms with van der Waals surface area (Å²) >= 11 is 0. The molecule has 160 valence electrons. The minimum absolute atomic E-state index is 0.0669. The van der Waals surface area contributed by atoms with Crippen molar-refractivity contribution in [3.8, 4) is 34.8 Å². The number of aromatic hydroxyl groups is 1. The number of methoxy groups -OCH3 is 4. The van der Waals surface area contributed by atoms with Gasteiger partial charge in [-0.25, -0.2) is 0 Å². The van der Waals surface area contributed by atoms with Crippen LogP contribution in [0.25, 0.3) is 6.08 Å². The quantitative estimate of drug-likeness (QED) is 0.598. The average molecular weight is 412 g/mol. The van der Waals surface area contributed by atoms with Crippen LogP contribution in [0.4, 0.5) is 0 Å². The zero-order valence-electron chi connectivity index (χ0n) is 18.1. The van der Waals surface area contributed by atoms with Crippen molar-refractivity contribution in [2.45, 2.75) is 6.42 Å². The maximum atomic E-state index is 10.0. The van der Waals surface area contributed by atoms with Gasteiger partial charge in [0, 0.05) is 18.7 Å². The van der Waals surface area contributed by atoms with E-state index in [0.717, 1.165) is 18.5 Å². The molecular weight excluding hydrogens is 384 g/mol. The van der Waals surface area contributed by atoms with Gasteiger partial charge in [-0.2, -0.15) is 5.26 Å². The number of hydrogen-bond donors (Lipinski definition) is 1. The number of likely N-dealkylation sites (N-methyl/N-ethyl adjacent to an activating group) is 1. The third-order valence-electron chi connectivity index (χ3n) is 4.66. The molecule has 2 aromatic carbocycles. The van der Waals surface area contributed by atoms with E-state index in [-0.39, 0.29) is 5.75 Å². The number of hydrogen-bond acceptors (Lipinski definition) is 7. The van der Waals surface area contributed by atoms with Crippen LogP contribution in [-0.4, -0.2) is 58.6 Å². The topological polar surface area (TPSA) is 84.2 Å². The Kier molecular flexibility index (Phi) is 8.39. The second-order valence-electron chi connectivity index (χ2n) is 6.73. The SMILES string of the molecule is COc1ccc(CCN(C)CC(C#N)=Cc2cc(OC)c(O)c(OC)c2)cc1OC. The molecule has 0 saturated heterocycles. The lowest BCUT2D eigenvalue weighted by molar-refractivity contribution is 0.339. The van der Waals surface area contributed by atoms with Crippen LogP contribution in [0, 0.1) is 11.3 Å². The summed E-state index contributed by atoms with van der Waals surface area (Å²) in [6.07, 6.45) is 2.56. The van der Waals surface area contributed by atoms with Crippen LogP contribution in [0.15, 0.2) is 35.9 Å². The van der Waals surface area contributed by atoms with Gasteiger partial charge in [0.15, 0.2) is 23.0 Å². The summed E-state index contributed by atoms with van der Waals surface area (Å²) in [6.45, 7) is 1.24. The maximum Gasteiger partial charge on any atom is 0.200 e. The van der Waals surface area contributed by atoms with Crippen molar-refractivity contribution >= 4 is 6.08 Å². The van der Waals surface area contributed by atoms with E-state index in [2.05, 4.69) is 11.0 Å². The molecule has 1 N–H and O–H groups in total. The van der Waals surface area contributed by atoms with E-state index in [1.165, 1.54) is 14.2 Å². The Labute approximate surface area is 177 Å². The summed E-state index contributed by atoms with van der Waals surface area (Å²) in [5.74, 6) is 1.91. The van der Waals surface area contributed by atoms with Crippen molar-refractivity contribution in [1.82, 2.24) is 4.90 Å². The van der Waals surface area contributed by atoms with Crippen LogP contribution in [0.1, 0.15) is 11.1 Å². The second-order valence-corrected chi connectivity index (χ2v) is 6.73. The van der Waals surface area contributed by atoms with E-state index < -0.39 is 0 Å². The third kappa shape index (κ3) is 5.82. The molecule has 0 saturated carbocycles. The summed E-state index contributed by atoms with van der Waals surface area (Å²) in [7, 11) is 8.12. The molecule has 0 spiro atoms. The van der Waals surface area contributed by atoms with Crippen LogP contribution < -0.4 is 18.9 Å². The van der Waals surface area contributed by atoms with Gasteiger partial charge in [-0.15, -0.1) is 0 Å². The molecule has 0 heterocycles. The number of nitriles is 1. The summed E-state index contributed by atoms with van der Waals surface area (Å²) in [4.78, 5) is 2.07. The summed E-state index contributed by atoms with van der Waals surface area (Å²) in [6, 6.07) is 11.4. The fourth-order valence-electron chi connectivity index (χ4n) is 3.04. The van der Waals surface area contributed by atoms with Crippen molar-refractivity contribution in [1.29, 1.82) is 5.26 Å². The molecule has 0 aliphatic heterocycles. The smallest absolute Gasteiger partial charge is 0.200 e. The van der Waals surface area contributed by atoms with E-state index >= 15 is 0 Å². The van der Waals surface area contributed by atoms with Crippen LogP contribution >= 0.6 is 0 Å². The first-order chi connectivity index (χ1) is 14.4. The van der Waals surface area contributed by atoms with Gasteiger partial charge in [0.25, 0.3) is 0 Å². The molecule has 2 rings (SSSR count). The average Bonchev–Trinajstić information content (AvgIpc) is 2.77. The molecule has 7 nitrogen and oxygen atoms in total. The Morgan fingerprint density at radius 3 is 2.10 bits per heavy atom. The lowest BCUT2D eigenvalue weighted by Crippen LogP contribution is -2.23. The molecule has 0 radical (unpaired) electrons. The molecular formula is C23H28N2O5. The zero-order valence-corrected chi connectivity index (χ0v) is 18.1. The molecule has 0 fully saturated rings. The lowest BCUT2D eigenvalue weighted by atomic mass is 10.1. The summed E-state index contributed by atoms with van der Waals surface area (Å²) in [5, 5.41) is 19.6. The first-order valence-electron chi connectivity index (χ1n) is 9.40. The fourth-order valence-corrected chi connectivity index (χ4v) is 3.04. The highest BCUT2D eigenvalue weighted by Crippen LogP contribution is 2.37. The van der Waals surface area contributed by atoms with E-state index in [1.807, 2.05) is 25.2 Å². The molecule has 7 heteroatoms. The van der Waals surface area contributed by atoms with E-state index in [0.29, 0.717) is 40.7 Å². The number of ether oxygens (including phenoxy) is 4. The van der Waals surface area contributed by atoms with Crippen molar-refractivity contribution in [3.63, 3.8) is 0 Å². The minimum Gasteiger partial charge on any atom is -0.502 e. The number of phenolic OH excluding ortho intramolecular Hbond substituents is 1. The highest BCUT2D eigenvalue weighted by Gasteiger charge is 2.12. The van der Waals surface area contributed by atoms with Gasteiger partial charge in [-0.05, 0) is 54.9 Å². The van der Waals surface area contributed by atoms with E-state index in [1.54, 1.807) is 32.4 Å². The number of rotatable bonds is 10. The summed E-state index contributed by atoms with van der Waals surface area (Å²) in [5.41, 5.74) is 2.42. The van der Waals surface area contributed by atoms with Crippen LogP contribution in [0.3, 0.4) is 0 Å². The molecule has 2 aromatic rings. The number of nitrogens with zero attached hydrogens (tertiary/aromatic N) is 2. The van der Waals surface area contributed by atoms with Gasteiger partial charge in [0.1, 0.15) is 0 Å².